The summed E-state index contributed by atoms with van der Waals surface area (Å²) >= 11 is 0. The van der Waals surface area contributed by atoms with E-state index >= 15 is 0 Å². The Bertz CT molecular complexity index is 332. The molecule has 1 aromatic carbocycles. The van der Waals surface area contributed by atoms with E-state index < -0.39 is 0 Å². The second kappa shape index (κ2) is 5.17. The molecule has 0 unspecified atom stereocenters. The van der Waals surface area contributed by atoms with Crippen LogP contribution < -0.4 is 10.5 Å². The van der Waals surface area contributed by atoms with Gasteiger partial charge in [0.2, 0.25) is 0 Å². The van der Waals surface area contributed by atoms with Gasteiger partial charge in [-0.3, -0.25) is 0 Å². The quantitative estimate of drug-likeness (QED) is 0.823. The predicted octanol–water partition coefficient (Wildman–Crippen LogP) is 2.59. The van der Waals surface area contributed by atoms with Crippen molar-refractivity contribution < 1.29 is 4.74 Å². The van der Waals surface area contributed by atoms with Crippen molar-refractivity contribution in [1.29, 1.82) is 0 Å². The Hall–Kier alpha value is -1.02. The molecule has 0 saturated heterocycles. The van der Waals surface area contributed by atoms with E-state index in [2.05, 4.69) is 26.0 Å². The number of hydrogen-bond donors (Lipinski definition) is 1. The summed E-state index contributed by atoms with van der Waals surface area (Å²) in [5, 5.41) is 0. The third kappa shape index (κ3) is 3.24. The van der Waals surface area contributed by atoms with E-state index in [4.69, 9.17) is 10.5 Å². The monoisotopic (exact) mass is 207 g/mol. The first-order chi connectivity index (χ1) is 7.04. The van der Waals surface area contributed by atoms with Crippen LogP contribution in [0, 0.1) is 13.8 Å². The van der Waals surface area contributed by atoms with Gasteiger partial charge in [-0.1, -0.05) is 17.7 Å². The molecule has 0 bridgehead atoms. The fraction of sp³-hybridized carbons (Fsp3) is 0.538. The minimum Gasteiger partial charge on any atom is -0.490 e. The second-order valence-corrected chi connectivity index (χ2v) is 4.28. The number of ether oxygens (including phenoxy) is 1. The molecule has 15 heavy (non-hydrogen) atoms. The molecule has 1 aromatic rings. The van der Waals surface area contributed by atoms with Crippen molar-refractivity contribution >= 4 is 0 Å². The van der Waals surface area contributed by atoms with Gasteiger partial charge in [-0.15, -0.1) is 0 Å². The van der Waals surface area contributed by atoms with E-state index in [1.807, 2.05) is 13.8 Å². The molecule has 0 aromatic heterocycles. The summed E-state index contributed by atoms with van der Waals surface area (Å²) in [4.78, 5) is 0. The molecule has 2 nitrogen and oxygen atoms in total. The largest absolute Gasteiger partial charge is 0.490 e. The van der Waals surface area contributed by atoms with Crippen LogP contribution >= 0.6 is 0 Å². The number of hydrogen-bond acceptors (Lipinski definition) is 2. The maximum Gasteiger partial charge on any atom is 0.125 e. The third-order valence-corrected chi connectivity index (χ3v) is 2.26. The maximum atomic E-state index is 5.83. The summed E-state index contributed by atoms with van der Waals surface area (Å²) in [5.41, 5.74) is 9.30. The Labute approximate surface area is 92.4 Å². The third-order valence-electron chi connectivity index (χ3n) is 2.26. The SMILES string of the molecule is Cc1cc(C)c(OC(C)C)c(CCN)c1. The van der Waals surface area contributed by atoms with Crippen LogP contribution in [0.1, 0.15) is 30.5 Å². The van der Waals surface area contributed by atoms with E-state index in [9.17, 15) is 0 Å². The summed E-state index contributed by atoms with van der Waals surface area (Å²) in [6.45, 7) is 8.95. The zero-order valence-electron chi connectivity index (χ0n) is 10.1. The Morgan fingerprint density at radius 1 is 1.27 bits per heavy atom. The molecule has 0 radical (unpaired) electrons. The van der Waals surface area contributed by atoms with Gasteiger partial charge in [0.1, 0.15) is 5.75 Å². The van der Waals surface area contributed by atoms with Crippen LogP contribution in [0.2, 0.25) is 0 Å². The molecule has 0 amide bonds. The summed E-state index contributed by atoms with van der Waals surface area (Å²) in [5.74, 6) is 1.01. The smallest absolute Gasteiger partial charge is 0.125 e. The highest BCUT2D eigenvalue weighted by Gasteiger charge is 2.09. The first kappa shape index (κ1) is 12.1. The molecule has 2 N–H and O–H groups in total. The lowest BCUT2D eigenvalue weighted by atomic mass is 10.0. The van der Waals surface area contributed by atoms with E-state index in [0.717, 1.165) is 12.2 Å². The van der Waals surface area contributed by atoms with Crippen LogP contribution in [0.25, 0.3) is 0 Å². The minimum absolute atomic E-state index is 0.211. The number of benzene rings is 1. The molecule has 1 rings (SSSR count). The van der Waals surface area contributed by atoms with Crippen LogP contribution in [-0.2, 0) is 6.42 Å². The number of aryl methyl sites for hydroxylation is 2. The molecule has 0 aliphatic heterocycles. The first-order valence-corrected chi connectivity index (χ1v) is 5.51. The maximum absolute atomic E-state index is 5.83. The first-order valence-electron chi connectivity index (χ1n) is 5.51. The van der Waals surface area contributed by atoms with Gasteiger partial charge in [0.15, 0.2) is 0 Å². The molecule has 0 heterocycles. The summed E-state index contributed by atoms with van der Waals surface area (Å²) < 4.78 is 5.83. The van der Waals surface area contributed by atoms with Gasteiger partial charge in [0.25, 0.3) is 0 Å². The van der Waals surface area contributed by atoms with Crippen molar-refractivity contribution in [2.24, 2.45) is 5.73 Å². The number of rotatable bonds is 4. The molecule has 2 heteroatoms. The zero-order valence-corrected chi connectivity index (χ0v) is 10.1. The Morgan fingerprint density at radius 2 is 1.93 bits per heavy atom. The Kier molecular flexibility index (Phi) is 4.15. The van der Waals surface area contributed by atoms with Crippen molar-refractivity contribution in [2.75, 3.05) is 6.54 Å². The van der Waals surface area contributed by atoms with E-state index in [1.54, 1.807) is 0 Å². The van der Waals surface area contributed by atoms with Crippen LogP contribution in [0.5, 0.6) is 5.75 Å². The van der Waals surface area contributed by atoms with Gasteiger partial charge in [-0.2, -0.15) is 0 Å². The van der Waals surface area contributed by atoms with Crippen LogP contribution in [0.15, 0.2) is 12.1 Å². The topological polar surface area (TPSA) is 35.2 Å². The molecule has 0 aliphatic carbocycles. The molecular formula is C13H21NO. The molecule has 0 spiro atoms. The van der Waals surface area contributed by atoms with Gasteiger partial charge >= 0.3 is 0 Å². The minimum atomic E-state index is 0.211. The van der Waals surface area contributed by atoms with Crippen molar-refractivity contribution in [3.8, 4) is 5.75 Å². The highest BCUT2D eigenvalue weighted by molar-refractivity contribution is 5.44. The lowest BCUT2D eigenvalue weighted by molar-refractivity contribution is 0.238. The zero-order chi connectivity index (χ0) is 11.4. The molecule has 0 fully saturated rings. The van der Waals surface area contributed by atoms with Gasteiger partial charge in [-0.05, 0) is 51.8 Å². The van der Waals surface area contributed by atoms with Crippen molar-refractivity contribution in [3.05, 3.63) is 28.8 Å². The molecular weight excluding hydrogens is 186 g/mol. The fourth-order valence-corrected chi connectivity index (χ4v) is 1.79. The lowest BCUT2D eigenvalue weighted by Gasteiger charge is -2.17. The molecule has 0 aliphatic rings. The van der Waals surface area contributed by atoms with Crippen molar-refractivity contribution in [3.63, 3.8) is 0 Å². The van der Waals surface area contributed by atoms with Gasteiger partial charge in [0, 0.05) is 0 Å². The van der Waals surface area contributed by atoms with Crippen LogP contribution in [0.4, 0.5) is 0 Å². The van der Waals surface area contributed by atoms with Crippen molar-refractivity contribution in [1.82, 2.24) is 0 Å². The fourth-order valence-electron chi connectivity index (χ4n) is 1.79. The summed E-state index contributed by atoms with van der Waals surface area (Å²) in [6, 6.07) is 4.31. The lowest BCUT2D eigenvalue weighted by Crippen LogP contribution is -2.11. The van der Waals surface area contributed by atoms with E-state index in [-0.39, 0.29) is 6.10 Å². The second-order valence-electron chi connectivity index (χ2n) is 4.28. The van der Waals surface area contributed by atoms with E-state index in [0.29, 0.717) is 6.54 Å². The van der Waals surface area contributed by atoms with Crippen molar-refractivity contribution in [2.45, 2.75) is 40.2 Å². The van der Waals surface area contributed by atoms with Crippen LogP contribution in [0.3, 0.4) is 0 Å². The molecule has 0 saturated carbocycles. The average Bonchev–Trinajstić information content (AvgIpc) is 2.11. The van der Waals surface area contributed by atoms with Gasteiger partial charge < -0.3 is 10.5 Å². The predicted molar refractivity (Wildman–Crippen MR) is 64.4 cm³/mol. The van der Waals surface area contributed by atoms with Gasteiger partial charge in [-0.25, -0.2) is 0 Å². The summed E-state index contributed by atoms with van der Waals surface area (Å²) in [6.07, 6.45) is 1.09. The molecule has 84 valence electrons. The van der Waals surface area contributed by atoms with Gasteiger partial charge in [0.05, 0.1) is 6.10 Å². The average molecular weight is 207 g/mol. The standard InChI is InChI=1S/C13H21NO/c1-9(2)15-13-11(4)7-10(3)8-12(13)5-6-14/h7-9H,5-6,14H2,1-4H3. The summed E-state index contributed by atoms with van der Waals surface area (Å²) in [7, 11) is 0. The van der Waals surface area contributed by atoms with E-state index in [1.165, 1.54) is 16.7 Å². The highest BCUT2D eigenvalue weighted by atomic mass is 16.5. The Morgan fingerprint density at radius 3 is 2.47 bits per heavy atom. The number of nitrogens with two attached hydrogens (primary N) is 1. The van der Waals surface area contributed by atoms with Crippen LogP contribution in [-0.4, -0.2) is 12.6 Å². The molecule has 0 atom stereocenters. The highest BCUT2D eigenvalue weighted by Crippen LogP contribution is 2.26. The normalized spacial score (nSPS) is 10.8. The Balaban J connectivity index is 3.08.